The molecule has 134 valence electrons. The lowest BCUT2D eigenvalue weighted by Crippen LogP contribution is -2.40. The minimum absolute atomic E-state index is 0.0295. The Labute approximate surface area is 145 Å². The van der Waals surface area contributed by atoms with E-state index in [0.717, 1.165) is 51.0 Å². The summed E-state index contributed by atoms with van der Waals surface area (Å²) in [5.74, 6) is 0.843. The fourth-order valence-electron chi connectivity index (χ4n) is 3.00. The van der Waals surface area contributed by atoms with Crippen LogP contribution in [0.5, 0.6) is 5.75 Å². The maximum atomic E-state index is 12.4. The predicted octanol–water partition coefficient (Wildman–Crippen LogP) is 3.75. The average Bonchev–Trinajstić information content (AvgIpc) is 3.10. The molecule has 1 aliphatic rings. The largest absolute Gasteiger partial charge is 0.497 e. The van der Waals surface area contributed by atoms with Crippen molar-refractivity contribution < 1.29 is 14.3 Å². The molecule has 5 nitrogen and oxygen atoms in total. The molecule has 0 aromatic heterocycles. The molecule has 2 amide bonds. The first kappa shape index (κ1) is 18.6. The molecule has 2 rings (SSSR count). The van der Waals surface area contributed by atoms with E-state index in [9.17, 15) is 4.79 Å². The Bertz CT molecular complexity index is 490. The third-order valence-corrected chi connectivity index (χ3v) is 4.40. The molecule has 5 heteroatoms. The van der Waals surface area contributed by atoms with Crippen LogP contribution in [-0.2, 0) is 4.74 Å². The average molecular weight is 334 g/mol. The molecular formula is C19H30N2O3. The highest BCUT2D eigenvalue weighted by molar-refractivity contribution is 5.75. The molecular weight excluding hydrogens is 304 g/mol. The van der Waals surface area contributed by atoms with Crippen molar-refractivity contribution in [2.45, 2.75) is 45.1 Å². The van der Waals surface area contributed by atoms with Crippen LogP contribution in [0.1, 0.15) is 50.6 Å². The standard InChI is InChI=1S/C19H30N2O3/c1-3-4-14-24-15-6-12-20-19(22)21-13-5-7-18(21)16-8-10-17(23-2)11-9-16/h8-11,18H,3-7,12-15H2,1-2H3,(H,20,22). The molecule has 1 saturated heterocycles. The fourth-order valence-corrected chi connectivity index (χ4v) is 3.00. The Kier molecular flexibility index (Phi) is 7.89. The molecule has 1 aliphatic heterocycles. The van der Waals surface area contributed by atoms with Crippen LogP contribution < -0.4 is 10.1 Å². The molecule has 1 atom stereocenters. The number of hydrogen-bond donors (Lipinski definition) is 1. The molecule has 0 spiro atoms. The van der Waals surface area contributed by atoms with Gasteiger partial charge in [-0.05, 0) is 43.4 Å². The summed E-state index contributed by atoms with van der Waals surface area (Å²) in [6.45, 7) is 5.16. The highest BCUT2D eigenvalue weighted by Gasteiger charge is 2.29. The van der Waals surface area contributed by atoms with Gasteiger partial charge in [-0.2, -0.15) is 0 Å². The highest BCUT2D eigenvalue weighted by atomic mass is 16.5. The number of ether oxygens (including phenoxy) is 2. The van der Waals surface area contributed by atoms with Crippen molar-refractivity contribution in [1.29, 1.82) is 0 Å². The van der Waals surface area contributed by atoms with Gasteiger partial charge in [0.15, 0.2) is 0 Å². The van der Waals surface area contributed by atoms with E-state index < -0.39 is 0 Å². The molecule has 1 heterocycles. The van der Waals surface area contributed by atoms with Gasteiger partial charge in [0.25, 0.3) is 0 Å². The maximum absolute atomic E-state index is 12.4. The molecule has 1 fully saturated rings. The molecule has 0 saturated carbocycles. The zero-order valence-electron chi connectivity index (χ0n) is 14.9. The van der Waals surface area contributed by atoms with E-state index in [4.69, 9.17) is 9.47 Å². The number of urea groups is 1. The van der Waals surface area contributed by atoms with Gasteiger partial charge in [0.05, 0.1) is 13.2 Å². The number of amides is 2. The van der Waals surface area contributed by atoms with Gasteiger partial charge >= 0.3 is 6.03 Å². The first-order valence-corrected chi connectivity index (χ1v) is 9.02. The van der Waals surface area contributed by atoms with Crippen molar-refractivity contribution in [1.82, 2.24) is 10.2 Å². The summed E-state index contributed by atoms with van der Waals surface area (Å²) in [7, 11) is 1.66. The minimum atomic E-state index is 0.0295. The third kappa shape index (κ3) is 5.41. The topological polar surface area (TPSA) is 50.8 Å². The zero-order valence-corrected chi connectivity index (χ0v) is 14.9. The second-order valence-electron chi connectivity index (χ2n) is 6.18. The van der Waals surface area contributed by atoms with Crippen LogP contribution >= 0.6 is 0 Å². The number of carbonyl (C=O) groups excluding carboxylic acids is 1. The van der Waals surface area contributed by atoms with Gasteiger partial charge in [-0.15, -0.1) is 0 Å². The van der Waals surface area contributed by atoms with Gasteiger partial charge in [0.2, 0.25) is 0 Å². The van der Waals surface area contributed by atoms with E-state index in [2.05, 4.69) is 24.4 Å². The molecule has 24 heavy (non-hydrogen) atoms. The molecule has 0 aliphatic carbocycles. The predicted molar refractivity (Wildman–Crippen MR) is 95.4 cm³/mol. The van der Waals surface area contributed by atoms with Gasteiger partial charge < -0.3 is 19.7 Å². The Hall–Kier alpha value is -1.75. The first-order chi connectivity index (χ1) is 11.8. The maximum Gasteiger partial charge on any atom is 0.317 e. The van der Waals surface area contributed by atoms with Crippen LogP contribution in [0.4, 0.5) is 4.79 Å². The molecule has 1 N–H and O–H groups in total. The Morgan fingerprint density at radius 3 is 2.71 bits per heavy atom. The second kappa shape index (κ2) is 10.2. The lowest BCUT2D eigenvalue weighted by Gasteiger charge is -2.25. The monoisotopic (exact) mass is 334 g/mol. The van der Waals surface area contributed by atoms with Gasteiger partial charge in [-0.3, -0.25) is 0 Å². The summed E-state index contributed by atoms with van der Waals surface area (Å²) in [5.41, 5.74) is 1.17. The van der Waals surface area contributed by atoms with Crippen LogP contribution in [0, 0.1) is 0 Å². The lowest BCUT2D eigenvalue weighted by molar-refractivity contribution is 0.128. The number of hydrogen-bond acceptors (Lipinski definition) is 3. The van der Waals surface area contributed by atoms with E-state index in [1.165, 1.54) is 5.56 Å². The molecule has 1 unspecified atom stereocenters. The number of nitrogens with zero attached hydrogens (tertiary/aromatic N) is 1. The number of unbranched alkanes of at least 4 members (excludes halogenated alkanes) is 1. The van der Waals surface area contributed by atoms with Crippen molar-refractivity contribution in [2.24, 2.45) is 0 Å². The summed E-state index contributed by atoms with van der Waals surface area (Å²) in [6, 6.07) is 8.21. The van der Waals surface area contributed by atoms with Crippen LogP contribution in [0.25, 0.3) is 0 Å². The number of likely N-dealkylation sites (tertiary alicyclic amines) is 1. The smallest absolute Gasteiger partial charge is 0.317 e. The Morgan fingerprint density at radius 2 is 2.00 bits per heavy atom. The number of nitrogens with one attached hydrogen (secondary N) is 1. The minimum Gasteiger partial charge on any atom is -0.497 e. The summed E-state index contributed by atoms with van der Waals surface area (Å²) in [6.07, 6.45) is 5.17. The van der Waals surface area contributed by atoms with E-state index in [1.54, 1.807) is 7.11 Å². The highest BCUT2D eigenvalue weighted by Crippen LogP contribution is 2.32. The number of carbonyl (C=O) groups is 1. The van der Waals surface area contributed by atoms with Gasteiger partial charge in [-0.25, -0.2) is 4.79 Å². The molecule has 0 bridgehead atoms. The zero-order chi connectivity index (χ0) is 17.2. The van der Waals surface area contributed by atoms with Crippen LogP contribution in [0.2, 0.25) is 0 Å². The van der Waals surface area contributed by atoms with Gasteiger partial charge in [0, 0.05) is 26.3 Å². The fraction of sp³-hybridized carbons (Fsp3) is 0.632. The first-order valence-electron chi connectivity index (χ1n) is 9.02. The van der Waals surface area contributed by atoms with Crippen molar-refractivity contribution in [3.63, 3.8) is 0 Å². The van der Waals surface area contributed by atoms with Crippen LogP contribution in [0.15, 0.2) is 24.3 Å². The van der Waals surface area contributed by atoms with Crippen molar-refractivity contribution in [3.8, 4) is 5.75 Å². The number of rotatable bonds is 9. The molecule has 1 aromatic carbocycles. The van der Waals surface area contributed by atoms with E-state index >= 15 is 0 Å². The van der Waals surface area contributed by atoms with Crippen molar-refractivity contribution in [3.05, 3.63) is 29.8 Å². The van der Waals surface area contributed by atoms with Gasteiger partial charge in [-0.1, -0.05) is 25.5 Å². The number of methoxy groups -OCH3 is 1. The lowest BCUT2D eigenvalue weighted by atomic mass is 10.0. The second-order valence-corrected chi connectivity index (χ2v) is 6.18. The summed E-state index contributed by atoms with van der Waals surface area (Å²) in [5, 5.41) is 3.02. The van der Waals surface area contributed by atoms with Crippen LogP contribution in [-0.4, -0.2) is 44.3 Å². The Balaban J connectivity index is 1.76. The molecule has 0 radical (unpaired) electrons. The Morgan fingerprint density at radius 1 is 1.25 bits per heavy atom. The summed E-state index contributed by atoms with van der Waals surface area (Å²) >= 11 is 0. The van der Waals surface area contributed by atoms with E-state index in [-0.39, 0.29) is 12.1 Å². The summed E-state index contributed by atoms with van der Waals surface area (Å²) in [4.78, 5) is 14.4. The quantitative estimate of drug-likeness (QED) is 0.700. The van der Waals surface area contributed by atoms with E-state index in [1.807, 2.05) is 17.0 Å². The normalized spacial score (nSPS) is 17.1. The molecule has 1 aromatic rings. The SMILES string of the molecule is CCCCOCCCNC(=O)N1CCCC1c1ccc(OC)cc1. The number of benzene rings is 1. The van der Waals surface area contributed by atoms with Gasteiger partial charge in [0.1, 0.15) is 5.75 Å². The van der Waals surface area contributed by atoms with Crippen molar-refractivity contribution >= 4 is 6.03 Å². The van der Waals surface area contributed by atoms with Crippen LogP contribution in [0.3, 0.4) is 0 Å². The van der Waals surface area contributed by atoms with E-state index in [0.29, 0.717) is 13.2 Å². The summed E-state index contributed by atoms with van der Waals surface area (Å²) < 4.78 is 10.7. The third-order valence-electron chi connectivity index (χ3n) is 4.40. The van der Waals surface area contributed by atoms with Crippen molar-refractivity contribution in [2.75, 3.05) is 33.4 Å².